The lowest BCUT2D eigenvalue weighted by Crippen LogP contribution is -2.11. The van der Waals surface area contributed by atoms with Gasteiger partial charge in [0.2, 0.25) is 0 Å². The van der Waals surface area contributed by atoms with Crippen LogP contribution in [0.3, 0.4) is 0 Å². The maximum absolute atomic E-state index is 11.9. The highest BCUT2D eigenvalue weighted by Crippen LogP contribution is 2.21. The lowest BCUT2D eigenvalue weighted by molar-refractivity contribution is 0.0520. The fourth-order valence-corrected chi connectivity index (χ4v) is 1.93. The number of aromatic nitrogens is 1. The molecule has 0 aliphatic heterocycles. The third-order valence-corrected chi connectivity index (χ3v) is 2.85. The van der Waals surface area contributed by atoms with Gasteiger partial charge in [0.25, 0.3) is 0 Å². The number of hydrogen-bond acceptors (Lipinski definition) is 5. The van der Waals surface area contributed by atoms with E-state index in [0.29, 0.717) is 16.5 Å². The smallest absolute Gasteiger partial charge is 0.356 e. The van der Waals surface area contributed by atoms with Crippen LogP contribution in [0.5, 0.6) is 0 Å². The molecular weight excluding hydrogens is 258 g/mol. The summed E-state index contributed by atoms with van der Waals surface area (Å²) < 4.78 is 9.68. The van der Waals surface area contributed by atoms with E-state index in [2.05, 4.69) is 4.98 Å². The zero-order valence-corrected chi connectivity index (χ0v) is 11.6. The molecule has 2 aromatic rings. The molecule has 2 rings (SSSR count). The van der Waals surface area contributed by atoms with E-state index in [0.717, 1.165) is 5.56 Å². The number of nitrogens with zero attached hydrogens (tertiary/aromatic N) is 1. The van der Waals surface area contributed by atoms with E-state index in [4.69, 9.17) is 9.47 Å². The van der Waals surface area contributed by atoms with Crippen LogP contribution in [0, 0.1) is 6.92 Å². The molecule has 0 saturated carbocycles. The van der Waals surface area contributed by atoms with Crippen molar-refractivity contribution >= 4 is 22.8 Å². The lowest BCUT2D eigenvalue weighted by Gasteiger charge is -2.08. The molecule has 0 unspecified atom stereocenters. The van der Waals surface area contributed by atoms with E-state index in [-0.39, 0.29) is 12.3 Å². The van der Waals surface area contributed by atoms with Crippen molar-refractivity contribution in [1.29, 1.82) is 0 Å². The summed E-state index contributed by atoms with van der Waals surface area (Å²) in [6, 6.07) is 6.88. The topological polar surface area (TPSA) is 65.5 Å². The van der Waals surface area contributed by atoms with Gasteiger partial charge >= 0.3 is 11.9 Å². The summed E-state index contributed by atoms with van der Waals surface area (Å²) in [4.78, 5) is 27.9. The molecule has 0 aliphatic carbocycles. The normalized spacial score (nSPS) is 10.3. The van der Waals surface area contributed by atoms with Crippen LogP contribution in [0.25, 0.3) is 10.9 Å². The van der Waals surface area contributed by atoms with Crippen LogP contribution >= 0.6 is 0 Å². The van der Waals surface area contributed by atoms with Gasteiger partial charge in [0.15, 0.2) is 0 Å². The van der Waals surface area contributed by atoms with Crippen molar-refractivity contribution in [3.05, 3.63) is 41.1 Å². The fourth-order valence-electron chi connectivity index (χ4n) is 1.93. The van der Waals surface area contributed by atoms with Gasteiger partial charge < -0.3 is 9.47 Å². The predicted molar refractivity (Wildman–Crippen MR) is 73.8 cm³/mol. The van der Waals surface area contributed by atoms with Gasteiger partial charge in [-0.15, -0.1) is 0 Å². The molecular formula is C15H15NO4. The highest BCUT2D eigenvalue weighted by molar-refractivity contribution is 6.05. The first-order valence-corrected chi connectivity index (χ1v) is 6.23. The summed E-state index contributed by atoms with van der Waals surface area (Å²) >= 11 is 0. The van der Waals surface area contributed by atoms with Gasteiger partial charge in [0.05, 0.1) is 24.8 Å². The van der Waals surface area contributed by atoms with Gasteiger partial charge in [-0.05, 0) is 32.0 Å². The summed E-state index contributed by atoms with van der Waals surface area (Å²) in [6.07, 6.45) is 0. The zero-order chi connectivity index (χ0) is 14.7. The van der Waals surface area contributed by atoms with E-state index < -0.39 is 11.9 Å². The molecule has 0 saturated heterocycles. The molecule has 1 heterocycles. The number of benzene rings is 1. The molecule has 1 aromatic heterocycles. The Morgan fingerprint density at radius 3 is 2.60 bits per heavy atom. The van der Waals surface area contributed by atoms with E-state index in [1.165, 1.54) is 13.2 Å². The quantitative estimate of drug-likeness (QED) is 0.804. The van der Waals surface area contributed by atoms with E-state index in [1.807, 2.05) is 19.1 Å². The Labute approximate surface area is 116 Å². The number of fused-ring (bicyclic) bond motifs is 1. The molecule has 0 amide bonds. The number of ether oxygens (including phenoxy) is 2. The number of aryl methyl sites for hydroxylation is 1. The van der Waals surface area contributed by atoms with Crippen molar-refractivity contribution in [2.24, 2.45) is 0 Å². The highest BCUT2D eigenvalue weighted by atomic mass is 16.5. The van der Waals surface area contributed by atoms with Crippen LogP contribution in [0.15, 0.2) is 24.3 Å². The summed E-state index contributed by atoms with van der Waals surface area (Å²) in [6.45, 7) is 3.88. The molecule has 5 nitrogen and oxygen atoms in total. The van der Waals surface area contributed by atoms with Gasteiger partial charge in [-0.2, -0.15) is 0 Å². The standard InChI is InChI=1S/C15H15NO4/c1-4-20-15(18)13-8-11(14(17)19-3)10-7-9(2)5-6-12(10)16-13/h5-8H,4H2,1-3H3. The van der Waals surface area contributed by atoms with Crippen molar-refractivity contribution in [2.45, 2.75) is 13.8 Å². The second kappa shape index (κ2) is 5.69. The summed E-state index contributed by atoms with van der Waals surface area (Å²) in [7, 11) is 1.30. The Morgan fingerprint density at radius 2 is 1.95 bits per heavy atom. The first-order valence-electron chi connectivity index (χ1n) is 6.23. The fraction of sp³-hybridized carbons (Fsp3) is 0.267. The Morgan fingerprint density at radius 1 is 1.20 bits per heavy atom. The minimum Gasteiger partial charge on any atom is -0.465 e. The number of carbonyl (C=O) groups excluding carboxylic acids is 2. The molecule has 0 N–H and O–H groups in total. The third-order valence-electron chi connectivity index (χ3n) is 2.85. The maximum atomic E-state index is 11.9. The second-order valence-corrected chi connectivity index (χ2v) is 4.29. The van der Waals surface area contributed by atoms with Crippen LogP contribution in [0.2, 0.25) is 0 Å². The average molecular weight is 273 g/mol. The first kappa shape index (κ1) is 14.0. The molecule has 0 fully saturated rings. The molecule has 104 valence electrons. The first-order chi connectivity index (χ1) is 9.56. The zero-order valence-electron chi connectivity index (χ0n) is 11.6. The van der Waals surface area contributed by atoms with Crippen molar-refractivity contribution < 1.29 is 19.1 Å². The molecule has 20 heavy (non-hydrogen) atoms. The summed E-state index contributed by atoms with van der Waals surface area (Å²) in [5.41, 5.74) is 1.96. The van der Waals surface area contributed by atoms with Gasteiger partial charge in [0, 0.05) is 5.39 Å². The van der Waals surface area contributed by atoms with Crippen LogP contribution in [-0.4, -0.2) is 30.6 Å². The highest BCUT2D eigenvalue weighted by Gasteiger charge is 2.17. The van der Waals surface area contributed by atoms with Crippen LogP contribution in [0.1, 0.15) is 33.3 Å². The molecule has 0 radical (unpaired) electrons. The second-order valence-electron chi connectivity index (χ2n) is 4.29. The van der Waals surface area contributed by atoms with Gasteiger partial charge in [-0.1, -0.05) is 11.6 Å². The monoisotopic (exact) mass is 273 g/mol. The van der Waals surface area contributed by atoms with Gasteiger partial charge in [-0.3, -0.25) is 0 Å². The summed E-state index contributed by atoms with van der Waals surface area (Å²) in [5, 5.41) is 0.657. The minimum absolute atomic E-state index is 0.101. The third kappa shape index (κ3) is 2.61. The van der Waals surface area contributed by atoms with Crippen LogP contribution in [-0.2, 0) is 9.47 Å². The molecule has 0 spiro atoms. The van der Waals surface area contributed by atoms with E-state index in [9.17, 15) is 9.59 Å². The molecule has 0 aliphatic rings. The number of esters is 2. The van der Waals surface area contributed by atoms with Crippen molar-refractivity contribution in [3.8, 4) is 0 Å². The van der Waals surface area contributed by atoms with Crippen molar-refractivity contribution in [1.82, 2.24) is 4.98 Å². The van der Waals surface area contributed by atoms with Crippen LogP contribution in [0.4, 0.5) is 0 Å². The van der Waals surface area contributed by atoms with Gasteiger partial charge in [0.1, 0.15) is 5.69 Å². The van der Waals surface area contributed by atoms with E-state index >= 15 is 0 Å². The number of pyridine rings is 1. The Balaban J connectivity index is 2.67. The van der Waals surface area contributed by atoms with Crippen molar-refractivity contribution in [2.75, 3.05) is 13.7 Å². The van der Waals surface area contributed by atoms with Crippen LogP contribution < -0.4 is 0 Å². The number of methoxy groups -OCH3 is 1. The van der Waals surface area contributed by atoms with E-state index in [1.54, 1.807) is 13.0 Å². The number of carbonyl (C=O) groups is 2. The number of hydrogen-bond donors (Lipinski definition) is 0. The SMILES string of the molecule is CCOC(=O)c1cc(C(=O)OC)c2cc(C)ccc2n1. The predicted octanol–water partition coefficient (Wildman–Crippen LogP) is 2.51. The molecule has 0 bridgehead atoms. The number of rotatable bonds is 3. The average Bonchev–Trinajstić information content (AvgIpc) is 2.45. The molecule has 0 atom stereocenters. The Kier molecular flexibility index (Phi) is 3.98. The minimum atomic E-state index is -0.555. The summed E-state index contributed by atoms with van der Waals surface area (Å²) in [5.74, 6) is -1.06. The van der Waals surface area contributed by atoms with Crippen molar-refractivity contribution in [3.63, 3.8) is 0 Å². The Bertz CT molecular complexity index is 679. The van der Waals surface area contributed by atoms with Gasteiger partial charge in [-0.25, -0.2) is 14.6 Å². The maximum Gasteiger partial charge on any atom is 0.356 e. The lowest BCUT2D eigenvalue weighted by atomic mass is 10.1. The molecule has 1 aromatic carbocycles. The largest absolute Gasteiger partial charge is 0.465 e. The Hall–Kier alpha value is -2.43. The molecule has 5 heteroatoms.